The first-order chi connectivity index (χ1) is 6.33. The fraction of sp³-hybridized carbons (Fsp3) is 0.778. The minimum absolute atomic E-state index is 0.358. The molecule has 1 aromatic rings. The Morgan fingerprint density at radius 3 is 3.00 bits per heavy atom. The highest BCUT2D eigenvalue weighted by atomic mass is 16.3. The molecule has 1 saturated carbocycles. The van der Waals surface area contributed by atoms with Gasteiger partial charge in [-0.25, -0.2) is 4.68 Å². The molecular weight excluding hydrogens is 166 g/mol. The zero-order valence-electron chi connectivity index (χ0n) is 7.85. The summed E-state index contributed by atoms with van der Waals surface area (Å²) >= 11 is 0. The number of aryl methyl sites for hydroxylation is 1. The van der Waals surface area contributed by atoms with Gasteiger partial charge in [-0.1, -0.05) is 11.6 Å². The fourth-order valence-electron chi connectivity index (χ4n) is 1.74. The van der Waals surface area contributed by atoms with E-state index in [0.29, 0.717) is 5.92 Å². The number of aromatic nitrogens is 3. The SMILES string of the molecule is CCn1nncc1C(O)C1CCC1. The summed E-state index contributed by atoms with van der Waals surface area (Å²) < 4.78 is 1.77. The van der Waals surface area contributed by atoms with Crippen LogP contribution in [-0.2, 0) is 6.54 Å². The lowest BCUT2D eigenvalue weighted by Gasteiger charge is -2.30. The Labute approximate surface area is 77.6 Å². The molecule has 0 bridgehead atoms. The van der Waals surface area contributed by atoms with E-state index in [1.165, 1.54) is 6.42 Å². The Bertz CT molecular complexity index is 280. The first kappa shape index (κ1) is 8.69. The van der Waals surface area contributed by atoms with Crippen LogP contribution in [0.15, 0.2) is 6.20 Å². The van der Waals surface area contributed by atoms with Crippen LogP contribution in [0.4, 0.5) is 0 Å². The minimum Gasteiger partial charge on any atom is -0.386 e. The molecule has 2 rings (SSSR count). The van der Waals surface area contributed by atoms with E-state index in [2.05, 4.69) is 10.3 Å². The molecule has 72 valence electrons. The zero-order valence-corrected chi connectivity index (χ0v) is 7.85. The lowest BCUT2D eigenvalue weighted by Crippen LogP contribution is -2.22. The minimum atomic E-state index is -0.358. The molecule has 1 heterocycles. The van der Waals surface area contributed by atoms with E-state index >= 15 is 0 Å². The van der Waals surface area contributed by atoms with Crippen molar-refractivity contribution < 1.29 is 5.11 Å². The zero-order chi connectivity index (χ0) is 9.26. The largest absolute Gasteiger partial charge is 0.386 e. The van der Waals surface area contributed by atoms with Gasteiger partial charge in [0.05, 0.1) is 11.9 Å². The standard InChI is InChI=1S/C9H15N3O/c1-2-12-8(6-10-11-12)9(13)7-4-3-5-7/h6-7,9,13H,2-5H2,1H3. The van der Waals surface area contributed by atoms with Crippen LogP contribution < -0.4 is 0 Å². The van der Waals surface area contributed by atoms with Gasteiger partial charge in [-0.05, 0) is 25.7 Å². The van der Waals surface area contributed by atoms with Crippen molar-refractivity contribution in [3.05, 3.63) is 11.9 Å². The maximum atomic E-state index is 9.94. The molecule has 4 heteroatoms. The topological polar surface area (TPSA) is 50.9 Å². The van der Waals surface area contributed by atoms with Crippen LogP contribution in [0.2, 0.25) is 0 Å². The normalized spacial score (nSPS) is 19.8. The Morgan fingerprint density at radius 1 is 1.69 bits per heavy atom. The number of hydrogen-bond acceptors (Lipinski definition) is 3. The Balaban J connectivity index is 2.13. The first-order valence-electron chi connectivity index (χ1n) is 4.89. The van der Waals surface area contributed by atoms with Gasteiger partial charge in [-0.3, -0.25) is 0 Å². The second kappa shape index (κ2) is 3.46. The van der Waals surface area contributed by atoms with E-state index in [4.69, 9.17) is 0 Å². The fourth-order valence-corrected chi connectivity index (χ4v) is 1.74. The third-order valence-corrected chi connectivity index (χ3v) is 2.85. The summed E-state index contributed by atoms with van der Waals surface area (Å²) in [6, 6.07) is 0. The van der Waals surface area contributed by atoms with Gasteiger partial charge < -0.3 is 5.11 Å². The van der Waals surface area contributed by atoms with Crippen LogP contribution in [-0.4, -0.2) is 20.1 Å². The molecule has 1 N–H and O–H groups in total. The van der Waals surface area contributed by atoms with E-state index in [9.17, 15) is 5.11 Å². The Hall–Kier alpha value is -0.900. The van der Waals surface area contributed by atoms with E-state index < -0.39 is 0 Å². The summed E-state index contributed by atoms with van der Waals surface area (Å²) in [7, 11) is 0. The predicted octanol–water partition coefficient (Wildman–Crippen LogP) is 1.13. The Morgan fingerprint density at radius 2 is 2.46 bits per heavy atom. The van der Waals surface area contributed by atoms with Gasteiger partial charge in [0.25, 0.3) is 0 Å². The first-order valence-corrected chi connectivity index (χ1v) is 4.89. The van der Waals surface area contributed by atoms with Gasteiger partial charge in [-0.2, -0.15) is 0 Å². The lowest BCUT2D eigenvalue weighted by molar-refractivity contribution is 0.0549. The molecule has 1 fully saturated rings. The van der Waals surface area contributed by atoms with Gasteiger partial charge in [-0.15, -0.1) is 5.10 Å². The number of hydrogen-bond donors (Lipinski definition) is 1. The molecule has 1 atom stereocenters. The van der Waals surface area contributed by atoms with Crippen LogP contribution >= 0.6 is 0 Å². The van der Waals surface area contributed by atoms with E-state index in [0.717, 1.165) is 25.1 Å². The average Bonchev–Trinajstić information content (AvgIpc) is 2.47. The number of nitrogens with zero attached hydrogens (tertiary/aromatic N) is 3. The van der Waals surface area contributed by atoms with Crippen LogP contribution in [0, 0.1) is 5.92 Å². The van der Waals surface area contributed by atoms with Crippen molar-refractivity contribution in [2.75, 3.05) is 0 Å². The third-order valence-electron chi connectivity index (χ3n) is 2.85. The molecule has 1 aliphatic rings. The third kappa shape index (κ3) is 1.46. The van der Waals surface area contributed by atoms with E-state index in [-0.39, 0.29) is 6.10 Å². The second-order valence-corrected chi connectivity index (χ2v) is 3.61. The molecule has 0 aromatic carbocycles. The maximum absolute atomic E-state index is 9.94. The summed E-state index contributed by atoms with van der Waals surface area (Å²) in [5, 5.41) is 17.7. The van der Waals surface area contributed by atoms with Crippen LogP contribution in [0.3, 0.4) is 0 Å². The summed E-state index contributed by atoms with van der Waals surface area (Å²) in [4.78, 5) is 0. The molecule has 13 heavy (non-hydrogen) atoms. The molecular formula is C9H15N3O. The maximum Gasteiger partial charge on any atom is 0.100 e. The molecule has 0 amide bonds. The summed E-state index contributed by atoms with van der Waals surface area (Å²) in [6.45, 7) is 2.78. The molecule has 0 spiro atoms. The van der Waals surface area contributed by atoms with Crippen molar-refractivity contribution in [2.24, 2.45) is 5.92 Å². The van der Waals surface area contributed by atoms with Crippen molar-refractivity contribution in [3.63, 3.8) is 0 Å². The monoisotopic (exact) mass is 181 g/mol. The van der Waals surface area contributed by atoms with Crippen LogP contribution in [0.5, 0.6) is 0 Å². The molecule has 0 aliphatic heterocycles. The number of rotatable bonds is 3. The quantitative estimate of drug-likeness (QED) is 0.760. The van der Waals surface area contributed by atoms with E-state index in [1.807, 2.05) is 6.92 Å². The number of aliphatic hydroxyl groups is 1. The van der Waals surface area contributed by atoms with Crippen molar-refractivity contribution in [1.82, 2.24) is 15.0 Å². The van der Waals surface area contributed by atoms with Crippen molar-refractivity contribution >= 4 is 0 Å². The van der Waals surface area contributed by atoms with Crippen LogP contribution in [0.1, 0.15) is 38.0 Å². The highest BCUT2D eigenvalue weighted by Crippen LogP contribution is 2.37. The summed E-state index contributed by atoms with van der Waals surface area (Å²) in [5.41, 5.74) is 0.868. The molecule has 1 unspecified atom stereocenters. The highest BCUT2D eigenvalue weighted by Gasteiger charge is 2.28. The molecule has 0 saturated heterocycles. The average molecular weight is 181 g/mol. The van der Waals surface area contributed by atoms with Gasteiger partial charge >= 0.3 is 0 Å². The van der Waals surface area contributed by atoms with Crippen molar-refractivity contribution in [2.45, 2.75) is 38.8 Å². The van der Waals surface area contributed by atoms with Crippen molar-refractivity contribution in [3.8, 4) is 0 Å². The van der Waals surface area contributed by atoms with Gasteiger partial charge in [0.2, 0.25) is 0 Å². The van der Waals surface area contributed by atoms with Gasteiger partial charge in [0, 0.05) is 6.54 Å². The van der Waals surface area contributed by atoms with Gasteiger partial charge in [0.1, 0.15) is 6.10 Å². The number of aliphatic hydroxyl groups excluding tert-OH is 1. The lowest BCUT2D eigenvalue weighted by atomic mass is 9.80. The second-order valence-electron chi connectivity index (χ2n) is 3.61. The van der Waals surface area contributed by atoms with Crippen LogP contribution in [0.25, 0.3) is 0 Å². The summed E-state index contributed by atoms with van der Waals surface area (Å²) in [5.74, 6) is 0.434. The smallest absolute Gasteiger partial charge is 0.100 e. The van der Waals surface area contributed by atoms with Crippen molar-refractivity contribution in [1.29, 1.82) is 0 Å². The molecule has 0 radical (unpaired) electrons. The molecule has 4 nitrogen and oxygen atoms in total. The Kier molecular flexibility index (Phi) is 2.31. The molecule has 1 aromatic heterocycles. The van der Waals surface area contributed by atoms with Gasteiger partial charge in [0.15, 0.2) is 0 Å². The molecule has 1 aliphatic carbocycles. The summed E-state index contributed by atoms with van der Waals surface area (Å²) in [6.07, 6.45) is 4.83. The predicted molar refractivity (Wildman–Crippen MR) is 48.0 cm³/mol. The highest BCUT2D eigenvalue weighted by molar-refractivity contribution is 5.02. The van der Waals surface area contributed by atoms with E-state index in [1.54, 1.807) is 10.9 Å².